The lowest BCUT2D eigenvalue weighted by molar-refractivity contribution is -0.150. The predicted molar refractivity (Wildman–Crippen MR) is 125 cm³/mol. The van der Waals surface area contributed by atoms with E-state index in [9.17, 15) is 9.59 Å². The van der Waals surface area contributed by atoms with E-state index in [1.807, 2.05) is 36.5 Å². The zero-order chi connectivity index (χ0) is 22.6. The molecule has 0 atom stereocenters. The highest BCUT2D eigenvalue weighted by atomic mass is 16.2. The number of nitrogens with one attached hydrogen (secondary N) is 2. The zero-order valence-corrected chi connectivity index (χ0v) is 18.8. The maximum atomic E-state index is 13.6. The van der Waals surface area contributed by atoms with Gasteiger partial charge in [-0.2, -0.15) is 0 Å². The van der Waals surface area contributed by atoms with Gasteiger partial charge in [0.05, 0.1) is 0 Å². The van der Waals surface area contributed by atoms with Gasteiger partial charge in [0.1, 0.15) is 5.54 Å². The Balaban J connectivity index is 1.55. The van der Waals surface area contributed by atoms with E-state index in [0.717, 1.165) is 35.1 Å². The summed E-state index contributed by atoms with van der Waals surface area (Å²) in [4.78, 5) is 37.9. The summed E-state index contributed by atoms with van der Waals surface area (Å²) < 4.78 is 0. The number of rotatable bonds is 7. The highest BCUT2D eigenvalue weighted by molar-refractivity contribution is 5.91. The molecule has 7 nitrogen and oxygen atoms in total. The first kappa shape index (κ1) is 22.0. The van der Waals surface area contributed by atoms with Crippen LogP contribution >= 0.6 is 0 Å². The topological polar surface area (TPSA) is 81.3 Å². The summed E-state index contributed by atoms with van der Waals surface area (Å²) in [6.07, 6.45) is 7.41. The van der Waals surface area contributed by atoms with Crippen LogP contribution < -0.4 is 5.32 Å². The second-order valence-corrected chi connectivity index (χ2v) is 8.66. The van der Waals surface area contributed by atoms with E-state index >= 15 is 0 Å². The summed E-state index contributed by atoms with van der Waals surface area (Å²) in [5, 5.41) is 4.25. The molecule has 2 N–H and O–H groups in total. The van der Waals surface area contributed by atoms with Crippen LogP contribution in [0.3, 0.4) is 0 Å². The van der Waals surface area contributed by atoms with Gasteiger partial charge in [-0.15, -0.1) is 0 Å². The maximum absolute atomic E-state index is 13.6. The van der Waals surface area contributed by atoms with Gasteiger partial charge in [0.2, 0.25) is 11.8 Å². The largest absolute Gasteiger partial charge is 0.361 e. The third-order valence-corrected chi connectivity index (χ3v) is 6.59. The lowest BCUT2D eigenvalue weighted by Crippen LogP contribution is -2.64. The second-order valence-electron chi connectivity index (χ2n) is 8.66. The molecular weight excluding hydrogens is 402 g/mol. The average Bonchev–Trinajstić information content (AvgIpc) is 3.22. The molecule has 7 heteroatoms. The van der Waals surface area contributed by atoms with E-state index in [-0.39, 0.29) is 11.8 Å². The molecule has 0 unspecified atom stereocenters. The minimum absolute atomic E-state index is 0.0640. The number of aromatic nitrogens is 2. The van der Waals surface area contributed by atoms with Crippen LogP contribution in [0.1, 0.15) is 30.9 Å². The molecule has 1 aliphatic rings. The first-order valence-corrected chi connectivity index (χ1v) is 11.2. The molecule has 3 aromatic rings. The third kappa shape index (κ3) is 4.53. The lowest BCUT2D eigenvalue weighted by Gasteiger charge is -2.46. The molecule has 0 aliphatic carbocycles. The SMILES string of the molecule is CC(=O)N(CCc1c[nH]c2ccccc12)C1(C(=O)NCc2cccnc2)CCN(C)CC1. The van der Waals surface area contributed by atoms with Gasteiger partial charge in [-0.3, -0.25) is 14.6 Å². The molecular formula is C25H31N5O2. The minimum atomic E-state index is -0.841. The number of benzene rings is 1. The molecule has 0 bridgehead atoms. The summed E-state index contributed by atoms with van der Waals surface area (Å²) in [6.45, 7) is 4.03. The summed E-state index contributed by atoms with van der Waals surface area (Å²) in [7, 11) is 2.06. The fourth-order valence-corrected chi connectivity index (χ4v) is 4.70. The smallest absolute Gasteiger partial charge is 0.246 e. The Morgan fingerprint density at radius 3 is 2.69 bits per heavy atom. The van der Waals surface area contributed by atoms with E-state index in [1.165, 1.54) is 0 Å². The van der Waals surface area contributed by atoms with Crippen molar-refractivity contribution in [3.8, 4) is 0 Å². The first-order valence-electron chi connectivity index (χ1n) is 11.2. The molecule has 2 amide bonds. The summed E-state index contributed by atoms with van der Waals surface area (Å²) >= 11 is 0. The normalized spacial score (nSPS) is 16.1. The Morgan fingerprint density at radius 2 is 1.97 bits per heavy atom. The second kappa shape index (κ2) is 9.53. The van der Waals surface area contributed by atoms with Crippen LogP contribution in [-0.2, 0) is 22.6 Å². The number of para-hydroxylation sites is 1. The van der Waals surface area contributed by atoms with Crippen molar-refractivity contribution in [2.24, 2.45) is 0 Å². The first-order chi connectivity index (χ1) is 15.5. The van der Waals surface area contributed by atoms with Crippen LogP contribution in [0.4, 0.5) is 0 Å². The van der Waals surface area contributed by atoms with Gasteiger partial charge in [0.25, 0.3) is 0 Å². The van der Waals surface area contributed by atoms with Crippen LogP contribution in [0, 0.1) is 0 Å². The number of hydrogen-bond donors (Lipinski definition) is 2. The Bertz CT molecular complexity index is 1070. The molecule has 1 fully saturated rings. The van der Waals surface area contributed by atoms with Crippen molar-refractivity contribution >= 4 is 22.7 Å². The molecule has 32 heavy (non-hydrogen) atoms. The lowest BCUT2D eigenvalue weighted by atomic mass is 9.84. The monoisotopic (exact) mass is 433 g/mol. The zero-order valence-electron chi connectivity index (χ0n) is 18.8. The van der Waals surface area contributed by atoms with Gasteiger partial charge in [0, 0.05) is 62.6 Å². The van der Waals surface area contributed by atoms with E-state index < -0.39 is 5.54 Å². The quantitative estimate of drug-likeness (QED) is 0.600. The van der Waals surface area contributed by atoms with Gasteiger partial charge in [-0.05, 0) is 49.6 Å². The van der Waals surface area contributed by atoms with Crippen molar-refractivity contribution in [1.29, 1.82) is 0 Å². The van der Waals surface area contributed by atoms with Crippen molar-refractivity contribution in [1.82, 2.24) is 25.1 Å². The molecule has 3 heterocycles. The van der Waals surface area contributed by atoms with Crippen molar-refractivity contribution in [2.75, 3.05) is 26.7 Å². The number of fused-ring (bicyclic) bond motifs is 1. The summed E-state index contributed by atoms with van der Waals surface area (Å²) in [6, 6.07) is 12.0. The fourth-order valence-electron chi connectivity index (χ4n) is 4.70. The average molecular weight is 434 g/mol. The van der Waals surface area contributed by atoms with Gasteiger partial charge >= 0.3 is 0 Å². The highest BCUT2D eigenvalue weighted by Gasteiger charge is 2.46. The predicted octanol–water partition coefficient (Wildman–Crippen LogP) is 2.73. The van der Waals surface area contributed by atoms with Gasteiger partial charge in [-0.25, -0.2) is 0 Å². The number of piperidine rings is 1. The van der Waals surface area contributed by atoms with E-state index in [1.54, 1.807) is 24.2 Å². The highest BCUT2D eigenvalue weighted by Crippen LogP contribution is 2.30. The van der Waals surface area contributed by atoms with Crippen LogP contribution in [0.5, 0.6) is 0 Å². The molecule has 168 valence electrons. The maximum Gasteiger partial charge on any atom is 0.246 e. The Kier molecular flexibility index (Phi) is 6.55. The number of hydrogen-bond acceptors (Lipinski definition) is 4. The molecule has 4 rings (SSSR count). The van der Waals surface area contributed by atoms with Gasteiger partial charge in [-0.1, -0.05) is 24.3 Å². The van der Waals surface area contributed by atoms with Crippen LogP contribution in [0.25, 0.3) is 10.9 Å². The van der Waals surface area contributed by atoms with Crippen LogP contribution in [-0.4, -0.2) is 63.8 Å². The molecule has 1 aromatic carbocycles. The number of amides is 2. The molecule has 2 aromatic heterocycles. The number of carbonyl (C=O) groups is 2. The number of aromatic amines is 1. The van der Waals surface area contributed by atoms with Crippen LogP contribution in [0.2, 0.25) is 0 Å². The third-order valence-electron chi connectivity index (χ3n) is 6.59. The number of pyridine rings is 1. The van der Waals surface area contributed by atoms with Crippen molar-refractivity contribution in [2.45, 2.75) is 38.3 Å². The van der Waals surface area contributed by atoms with Crippen molar-refractivity contribution < 1.29 is 9.59 Å². The summed E-state index contributed by atoms with van der Waals surface area (Å²) in [5.74, 6) is -0.144. The number of nitrogens with zero attached hydrogens (tertiary/aromatic N) is 3. The summed E-state index contributed by atoms with van der Waals surface area (Å²) in [5.41, 5.74) is 2.34. The Labute approximate surface area is 188 Å². The van der Waals surface area contributed by atoms with Gasteiger partial charge in [0.15, 0.2) is 0 Å². The van der Waals surface area contributed by atoms with E-state index in [4.69, 9.17) is 0 Å². The fraction of sp³-hybridized carbons (Fsp3) is 0.400. The molecule has 0 radical (unpaired) electrons. The Hall–Kier alpha value is -3.19. The van der Waals surface area contributed by atoms with Gasteiger partial charge < -0.3 is 20.1 Å². The number of likely N-dealkylation sites (tertiary alicyclic amines) is 1. The van der Waals surface area contributed by atoms with E-state index in [0.29, 0.717) is 32.4 Å². The number of H-pyrrole nitrogens is 1. The van der Waals surface area contributed by atoms with Crippen molar-refractivity contribution in [3.05, 3.63) is 66.1 Å². The van der Waals surface area contributed by atoms with Crippen LogP contribution in [0.15, 0.2) is 55.0 Å². The Morgan fingerprint density at radius 1 is 1.19 bits per heavy atom. The van der Waals surface area contributed by atoms with Crippen molar-refractivity contribution in [3.63, 3.8) is 0 Å². The molecule has 0 saturated carbocycles. The minimum Gasteiger partial charge on any atom is -0.361 e. The van der Waals surface area contributed by atoms with E-state index in [2.05, 4.69) is 33.3 Å². The molecule has 1 aliphatic heterocycles. The number of carbonyl (C=O) groups excluding carboxylic acids is 2. The molecule has 0 spiro atoms. The standard InChI is InChI=1S/C25H31N5O2/c1-19(31)30(13-9-21-18-27-23-8-4-3-7-22(21)23)25(10-14-29(2)15-11-25)24(32)28-17-20-6-5-12-26-16-20/h3-8,12,16,18,27H,9-11,13-15,17H2,1-2H3,(H,28,32). The molecule has 1 saturated heterocycles.